The third kappa shape index (κ3) is 4.80. The smallest absolute Gasteiger partial charge is 0.394 e. The van der Waals surface area contributed by atoms with Crippen LogP contribution >= 0.6 is 7.82 Å². The Bertz CT molecular complexity index is 225. The van der Waals surface area contributed by atoms with Crippen molar-refractivity contribution >= 4 is 13.8 Å². The molecule has 13 heavy (non-hydrogen) atoms. The topological polar surface area (TPSA) is 82.1 Å². The molecule has 1 unspecified atom stereocenters. The Morgan fingerprint density at radius 1 is 1.69 bits per heavy atom. The molecule has 76 valence electrons. The van der Waals surface area contributed by atoms with Crippen molar-refractivity contribution in [2.75, 3.05) is 20.3 Å². The van der Waals surface area contributed by atoms with Crippen LogP contribution in [0.25, 0.3) is 0 Å². The van der Waals surface area contributed by atoms with E-state index in [0.717, 1.165) is 13.2 Å². The van der Waals surface area contributed by atoms with E-state index < -0.39 is 13.8 Å². The van der Waals surface area contributed by atoms with Crippen molar-refractivity contribution in [3.63, 3.8) is 0 Å². The molecule has 7 heteroatoms. The molecule has 0 spiro atoms. The van der Waals surface area contributed by atoms with E-state index in [1.807, 2.05) is 0 Å². The summed E-state index contributed by atoms with van der Waals surface area (Å²) in [4.78, 5) is 10.6. The SMILES string of the molecule is C=CC(=O)OP(=O)(OC)OCCO. The molecule has 0 saturated heterocycles. The molecule has 0 fully saturated rings. The first-order chi connectivity index (χ1) is 6.08. The van der Waals surface area contributed by atoms with E-state index in [4.69, 9.17) is 5.11 Å². The van der Waals surface area contributed by atoms with Crippen molar-refractivity contribution < 1.29 is 28.0 Å². The Balaban J connectivity index is 4.19. The van der Waals surface area contributed by atoms with E-state index >= 15 is 0 Å². The number of hydrogen-bond donors (Lipinski definition) is 1. The summed E-state index contributed by atoms with van der Waals surface area (Å²) in [5, 5.41) is 8.35. The zero-order chi connectivity index (χ0) is 10.3. The maximum atomic E-state index is 11.3. The largest absolute Gasteiger partial charge is 0.532 e. The monoisotopic (exact) mass is 210 g/mol. The molecule has 0 aromatic rings. The van der Waals surface area contributed by atoms with Crippen LogP contribution in [0.3, 0.4) is 0 Å². The molecular weight excluding hydrogens is 199 g/mol. The standard InChI is InChI=1S/C6H11O6P/c1-3-6(8)12-13(9,10-2)11-5-4-7/h3,7H,1,4-5H2,2H3. The Labute approximate surface area is 75.7 Å². The van der Waals surface area contributed by atoms with E-state index in [9.17, 15) is 9.36 Å². The maximum Gasteiger partial charge on any atom is 0.532 e. The van der Waals surface area contributed by atoms with Crippen molar-refractivity contribution in [1.29, 1.82) is 0 Å². The van der Waals surface area contributed by atoms with Crippen molar-refractivity contribution in [3.05, 3.63) is 12.7 Å². The van der Waals surface area contributed by atoms with Gasteiger partial charge in [0, 0.05) is 13.2 Å². The van der Waals surface area contributed by atoms with Crippen molar-refractivity contribution in [2.45, 2.75) is 0 Å². The van der Waals surface area contributed by atoms with Gasteiger partial charge in [-0.2, -0.15) is 0 Å². The minimum atomic E-state index is -3.87. The van der Waals surface area contributed by atoms with Gasteiger partial charge in [-0.25, -0.2) is 9.36 Å². The quantitative estimate of drug-likeness (QED) is 0.507. The van der Waals surface area contributed by atoms with Gasteiger partial charge < -0.3 is 9.63 Å². The van der Waals surface area contributed by atoms with E-state index in [1.165, 1.54) is 0 Å². The summed E-state index contributed by atoms with van der Waals surface area (Å²) >= 11 is 0. The highest BCUT2D eigenvalue weighted by Gasteiger charge is 2.28. The molecule has 1 atom stereocenters. The van der Waals surface area contributed by atoms with Gasteiger partial charge in [-0.15, -0.1) is 0 Å². The Morgan fingerprint density at radius 3 is 2.69 bits per heavy atom. The van der Waals surface area contributed by atoms with E-state index in [-0.39, 0.29) is 13.2 Å². The van der Waals surface area contributed by atoms with Crippen LogP contribution in [0.15, 0.2) is 12.7 Å². The summed E-state index contributed by atoms with van der Waals surface area (Å²) in [6, 6.07) is 0. The second-order valence-corrected chi connectivity index (χ2v) is 3.50. The van der Waals surface area contributed by atoms with E-state index in [2.05, 4.69) is 20.2 Å². The predicted molar refractivity (Wildman–Crippen MR) is 43.9 cm³/mol. The Morgan fingerprint density at radius 2 is 2.31 bits per heavy atom. The molecule has 0 amide bonds. The van der Waals surface area contributed by atoms with Crippen LogP contribution in [0, 0.1) is 0 Å². The second-order valence-electron chi connectivity index (χ2n) is 1.80. The predicted octanol–water partition coefficient (Wildman–Crippen LogP) is 0.479. The molecule has 0 bridgehead atoms. The fraction of sp³-hybridized carbons (Fsp3) is 0.500. The number of carbonyl (C=O) groups excluding carboxylic acids is 1. The highest BCUT2D eigenvalue weighted by Crippen LogP contribution is 2.48. The summed E-state index contributed by atoms with van der Waals surface area (Å²) in [5.41, 5.74) is 0. The molecule has 6 nitrogen and oxygen atoms in total. The molecule has 0 aliphatic heterocycles. The number of phosphoric ester groups is 1. The summed E-state index contributed by atoms with van der Waals surface area (Å²) < 4.78 is 24.4. The van der Waals surface area contributed by atoms with Crippen molar-refractivity contribution in [2.24, 2.45) is 0 Å². The minimum absolute atomic E-state index is 0.241. The molecule has 0 saturated carbocycles. The number of carbonyl (C=O) groups is 1. The highest BCUT2D eigenvalue weighted by atomic mass is 31.2. The lowest BCUT2D eigenvalue weighted by atomic mass is 10.7. The fourth-order valence-corrected chi connectivity index (χ4v) is 1.25. The van der Waals surface area contributed by atoms with Gasteiger partial charge in [-0.3, -0.25) is 9.05 Å². The molecule has 0 aromatic carbocycles. The third-order valence-electron chi connectivity index (χ3n) is 0.933. The molecule has 0 radical (unpaired) electrons. The first-order valence-corrected chi connectivity index (χ1v) is 4.81. The van der Waals surface area contributed by atoms with Gasteiger partial charge in [-0.1, -0.05) is 6.58 Å². The third-order valence-corrected chi connectivity index (χ3v) is 2.28. The van der Waals surface area contributed by atoms with E-state index in [0.29, 0.717) is 0 Å². The first kappa shape index (κ1) is 12.3. The van der Waals surface area contributed by atoms with Gasteiger partial charge >= 0.3 is 13.8 Å². The van der Waals surface area contributed by atoms with Crippen LogP contribution in [0.4, 0.5) is 0 Å². The molecular formula is C6H11O6P. The second kappa shape index (κ2) is 5.88. The zero-order valence-electron chi connectivity index (χ0n) is 7.13. The van der Waals surface area contributed by atoms with Crippen molar-refractivity contribution in [3.8, 4) is 0 Å². The molecule has 0 aliphatic carbocycles. The Kier molecular flexibility index (Phi) is 5.57. The maximum absolute atomic E-state index is 11.3. The average Bonchev–Trinajstić information content (AvgIpc) is 2.14. The summed E-state index contributed by atoms with van der Waals surface area (Å²) in [7, 11) is -2.81. The first-order valence-electron chi connectivity index (χ1n) is 3.35. The van der Waals surface area contributed by atoms with Crippen LogP contribution < -0.4 is 0 Å². The summed E-state index contributed by atoms with van der Waals surface area (Å²) in [6.07, 6.45) is 0.827. The van der Waals surface area contributed by atoms with Gasteiger partial charge in [0.25, 0.3) is 0 Å². The Hall–Kier alpha value is -0.680. The van der Waals surface area contributed by atoms with Gasteiger partial charge in [-0.05, 0) is 0 Å². The van der Waals surface area contributed by atoms with Crippen LogP contribution in [0.1, 0.15) is 0 Å². The van der Waals surface area contributed by atoms with Crippen LogP contribution in [0.5, 0.6) is 0 Å². The summed E-state index contributed by atoms with van der Waals surface area (Å²) in [5.74, 6) is -0.914. The normalized spacial score (nSPS) is 14.6. The average molecular weight is 210 g/mol. The van der Waals surface area contributed by atoms with Gasteiger partial charge in [0.2, 0.25) is 0 Å². The molecule has 1 N–H and O–H groups in total. The number of rotatable bonds is 6. The number of aliphatic hydroxyl groups excluding tert-OH is 1. The van der Waals surface area contributed by atoms with Crippen molar-refractivity contribution in [1.82, 2.24) is 0 Å². The lowest BCUT2D eigenvalue weighted by Crippen LogP contribution is -2.05. The van der Waals surface area contributed by atoms with Gasteiger partial charge in [0.05, 0.1) is 13.2 Å². The zero-order valence-corrected chi connectivity index (χ0v) is 8.03. The summed E-state index contributed by atoms with van der Waals surface area (Å²) in [6.45, 7) is 2.51. The lowest BCUT2D eigenvalue weighted by molar-refractivity contribution is -0.130. The van der Waals surface area contributed by atoms with E-state index in [1.54, 1.807) is 0 Å². The molecule has 0 rings (SSSR count). The minimum Gasteiger partial charge on any atom is -0.394 e. The number of aliphatic hydroxyl groups is 1. The number of hydrogen-bond acceptors (Lipinski definition) is 6. The molecule has 0 heterocycles. The number of phosphoric acid groups is 1. The van der Waals surface area contributed by atoms with Gasteiger partial charge in [0.1, 0.15) is 0 Å². The fourth-order valence-electron chi connectivity index (χ4n) is 0.416. The van der Waals surface area contributed by atoms with Gasteiger partial charge in [0.15, 0.2) is 0 Å². The van der Waals surface area contributed by atoms with Crippen LogP contribution in [-0.4, -0.2) is 31.4 Å². The van der Waals surface area contributed by atoms with Crippen LogP contribution in [-0.2, 0) is 22.9 Å². The molecule has 0 aliphatic rings. The highest BCUT2D eigenvalue weighted by molar-refractivity contribution is 7.49. The van der Waals surface area contributed by atoms with Crippen LogP contribution in [0.2, 0.25) is 0 Å². The molecule has 0 aromatic heterocycles. The lowest BCUT2D eigenvalue weighted by Gasteiger charge is -2.13.